The fraction of sp³-hybridized carbons (Fsp3) is 0. The van der Waals surface area contributed by atoms with Crippen molar-refractivity contribution in [2.75, 3.05) is 0 Å². The molecule has 218 valence electrons. The lowest BCUT2D eigenvalue weighted by molar-refractivity contribution is 1.000. The summed E-state index contributed by atoms with van der Waals surface area (Å²) < 4.78 is 3.51. The highest BCUT2D eigenvalue weighted by Gasteiger charge is 2.43. The maximum Gasteiger partial charge on any atom is 0.150 e. The van der Waals surface area contributed by atoms with Crippen molar-refractivity contribution in [1.82, 2.24) is 49.0 Å². The molecule has 14 nitrogen and oxygen atoms in total. The molecule has 2 aliphatic rings. The van der Waals surface area contributed by atoms with Gasteiger partial charge in [0.05, 0.1) is 22.5 Å². The van der Waals surface area contributed by atoms with E-state index in [2.05, 4.69) is 29.9 Å². The van der Waals surface area contributed by atoms with E-state index >= 15 is 0 Å². The van der Waals surface area contributed by atoms with Crippen LogP contribution in [0.4, 0.5) is 0 Å². The molecule has 7 aromatic rings. The van der Waals surface area contributed by atoms with Crippen LogP contribution in [0.25, 0.3) is 67.4 Å². The maximum absolute atomic E-state index is 10.2. The number of fused-ring (bicyclic) bond motifs is 10. The first-order valence-corrected chi connectivity index (χ1v) is 14.2. The van der Waals surface area contributed by atoms with E-state index in [9.17, 15) is 21.0 Å². The van der Waals surface area contributed by atoms with Crippen molar-refractivity contribution in [2.45, 2.75) is 0 Å². The van der Waals surface area contributed by atoms with Crippen molar-refractivity contribution in [3.05, 3.63) is 108 Å². The number of hydrogen-bond donors (Lipinski definition) is 0. The molecule has 0 spiro atoms. The quantitative estimate of drug-likeness (QED) is 0.248. The van der Waals surface area contributed by atoms with Crippen LogP contribution in [0, 0.1) is 45.3 Å². The molecule has 0 bridgehead atoms. The smallest absolute Gasteiger partial charge is 0.150 e. The summed E-state index contributed by atoms with van der Waals surface area (Å²) in [6.45, 7) is 0. The van der Waals surface area contributed by atoms with Crippen LogP contribution in [0.3, 0.4) is 0 Å². The third kappa shape index (κ3) is 3.29. The first-order valence-electron chi connectivity index (χ1n) is 14.2. The number of rotatable bonds is 2. The first kappa shape index (κ1) is 26.5. The summed E-state index contributed by atoms with van der Waals surface area (Å²) in [4.78, 5) is 36.9. The SMILES string of the molecule is N#CC(C#N)=C1c2nc3c(nc2-c2c1n(-c1ccccn1)c1ncncc21)C(=C(C#N)C#N)c1c-3c2cncnc2n1-c1ccccn1. The van der Waals surface area contributed by atoms with Gasteiger partial charge < -0.3 is 0 Å². The van der Waals surface area contributed by atoms with Gasteiger partial charge in [0.1, 0.15) is 93.8 Å². The second kappa shape index (κ2) is 9.78. The predicted molar refractivity (Wildman–Crippen MR) is 168 cm³/mol. The molecule has 0 fully saturated rings. The summed E-state index contributed by atoms with van der Waals surface area (Å²) in [7, 11) is 0. The number of pyridine rings is 2. The fourth-order valence-corrected chi connectivity index (χ4v) is 6.52. The van der Waals surface area contributed by atoms with Gasteiger partial charge in [0.15, 0.2) is 0 Å². The van der Waals surface area contributed by atoms with Crippen molar-refractivity contribution in [3.8, 4) is 58.4 Å². The Bertz CT molecular complexity index is 2590. The number of allylic oxidation sites excluding steroid dienone is 2. The lowest BCUT2D eigenvalue weighted by Gasteiger charge is -2.11. The minimum Gasteiger partial charge on any atom is -0.277 e. The van der Waals surface area contributed by atoms with Crippen molar-refractivity contribution in [2.24, 2.45) is 0 Å². The van der Waals surface area contributed by atoms with E-state index in [4.69, 9.17) is 9.97 Å². The normalized spacial score (nSPS) is 12.0. The van der Waals surface area contributed by atoms with Gasteiger partial charge in [-0.2, -0.15) is 21.0 Å². The van der Waals surface area contributed by atoms with Gasteiger partial charge >= 0.3 is 0 Å². The van der Waals surface area contributed by atoms with Crippen LogP contribution in [0.5, 0.6) is 0 Å². The van der Waals surface area contributed by atoms with Crippen LogP contribution >= 0.6 is 0 Å². The van der Waals surface area contributed by atoms with Gasteiger partial charge in [-0.25, -0.2) is 39.9 Å². The molecular weight excluding hydrogens is 604 g/mol. The molecule has 0 saturated heterocycles. The van der Waals surface area contributed by atoms with Crippen molar-refractivity contribution >= 4 is 33.2 Å². The first-order chi connectivity index (χ1) is 23.7. The van der Waals surface area contributed by atoms with E-state index in [0.29, 0.717) is 67.6 Å². The Kier molecular flexibility index (Phi) is 5.39. The number of nitriles is 4. The van der Waals surface area contributed by atoms with E-state index in [1.165, 1.54) is 12.7 Å². The van der Waals surface area contributed by atoms with Crippen LogP contribution in [0.15, 0.2) is 85.0 Å². The summed E-state index contributed by atoms with van der Waals surface area (Å²) >= 11 is 0. The summed E-state index contributed by atoms with van der Waals surface area (Å²) in [5.74, 6) is 0.982. The molecule has 0 unspecified atom stereocenters. The van der Waals surface area contributed by atoms with Gasteiger partial charge in [-0.15, -0.1) is 0 Å². The molecule has 0 atom stereocenters. The number of aromatic nitrogens is 10. The fourth-order valence-electron chi connectivity index (χ4n) is 6.52. The highest BCUT2D eigenvalue weighted by atomic mass is 15.2. The molecule has 7 aromatic heterocycles. The molecule has 7 heterocycles. The summed E-state index contributed by atoms with van der Waals surface area (Å²) in [5.41, 5.74) is 4.23. The molecule has 2 aliphatic carbocycles. The molecule has 0 radical (unpaired) electrons. The molecule has 0 aliphatic heterocycles. The average Bonchev–Trinajstić information content (AvgIpc) is 3.85. The topological polar surface area (TPSA) is 208 Å². The van der Waals surface area contributed by atoms with Crippen LogP contribution in [-0.4, -0.2) is 49.0 Å². The standard InChI is InChI=1S/C34H12N14/c35-9-17(10-36)23-27-29(25-19-13-39-15-43-33(19)47(31(23)25)21-5-1-3-7-41-21)46-28-24(18(11-37)12-38)32-26(30(28)45-27)20-14-40-16-44-34(20)48(32)22-6-2-4-8-42-22/h1-8,13-16H. The van der Waals surface area contributed by atoms with Crippen LogP contribution in [-0.2, 0) is 0 Å². The van der Waals surface area contributed by atoms with Gasteiger partial charge in [-0.05, 0) is 24.3 Å². The second-order valence-electron chi connectivity index (χ2n) is 10.6. The molecular formula is C34H12N14. The predicted octanol–water partition coefficient (Wildman–Crippen LogP) is 4.39. The Morgan fingerprint density at radius 1 is 0.542 bits per heavy atom. The summed E-state index contributed by atoms with van der Waals surface area (Å²) in [5, 5.41) is 42.1. The van der Waals surface area contributed by atoms with Gasteiger partial charge in [0.2, 0.25) is 0 Å². The highest BCUT2D eigenvalue weighted by molar-refractivity contribution is 6.15. The Labute approximate surface area is 269 Å². The minimum absolute atomic E-state index is 0.194. The van der Waals surface area contributed by atoms with Crippen LogP contribution in [0.1, 0.15) is 22.8 Å². The van der Waals surface area contributed by atoms with Gasteiger partial charge in [0.25, 0.3) is 0 Å². The lowest BCUT2D eigenvalue weighted by Crippen LogP contribution is -2.05. The van der Waals surface area contributed by atoms with E-state index in [1.54, 1.807) is 58.2 Å². The maximum atomic E-state index is 10.2. The zero-order valence-electron chi connectivity index (χ0n) is 24.2. The third-order valence-corrected chi connectivity index (χ3v) is 8.29. The van der Waals surface area contributed by atoms with Crippen LogP contribution in [0.2, 0.25) is 0 Å². The van der Waals surface area contributed by atoms with E-state index in [0.717, 1.165) is 0 Å². The Hall–Kier alpha value is -7.94. The van der Waals surface area contributed by atoms with Crippen molar-refractivity contribution in [1.29, 1.82) is 21.0 Å². The Morgan fingerprint density at radius 2 is 0.979 bits per heavy atom. The average molecular weight is 617 g/mol. The van der Waals surface area contributed by atoms with E-state index < -0.39 is 0 Å². The third-order valence-electron chi connectivity index (χ3n) is 8.29. The summed E-state index contributed by atoms with van der Waals surface area (Å²) in [6.07, 6.45) is 9.31. The zero-order chi connectivity index (χ0) is 32.5. The molecule has 0 saturated carbocycles. The highest BCUT2D eigenvalue weighted by Crippen LogP contribution is 2.54. The zero-order valence-corrected chi connectivity index (χ0v) is 24.2. The van der Waals surface area contributed by atoms with E-state index in [-0.39, 0.29) is 33.7 Å². The van der Waals surface area contributed by atoms with Crippen molar-refractivity contribution in [3.63, 3.8) is 0 Å². The molecule has 0 amide bonds. The lowest BCUT2D eigenvalue weighted by atomic mass is 10.1. The molecule has 9 rings (SSSR count). The van der Waals surface area contributed by atoms with Crippen molar-refractivity contribution < 1.29 is 0 Å². The molecule has 0 aromatic carbocycles. The van der Waals surface area contributed by atoms with E-state index in [1.807, 2.05) is 36.4 Å². The summed E-state index contributed by atoms with van der Waals surface area (Å²) in [6, 6.07) is 18.9. The second-order valence-corrected chi connectivity index (χ2v) is 10.6. The molecule has 14 heteroatoms. The van der Waals surface area contributed by atoms with Crippen LogP contribution < -0.4 is 0 Å². The van der Waals surface area contributed by atoms with Gasteiger partial charge in [0, 0.05) is 46.7 Å². The van der Waals surface area contributed by atoms with Gasteiger partial charge in [-0.3, -0.25) is 9.13 Å². The largest absolute Gasteiger partial charge is 0.277 e. The monoisotopic (exact) mass is 616 g/mol. The minimum atomic E-state index is -0.194. The van der Waals surface area contributed by atoms with Gasteiger partial charge in [-0.1, -0.05) is 12.1 Å². The molecule has 48 heavy (non-hydrogen) atoms. The number of hydrogen-bond acceptors (Lipinski definition) is 12. The Morgan fingerprint density at radius 3 is 1.35 bits per heavy atom. The number of nitrogens with zero attached hydrogens (tertiary/aromatic N) is 14. The Balaban J connectivity index is 1.47. The molecule has 0 N–H and O–H groups in total.